The maximum Gasteiger partial charge on any atom is 0.161 e. The molecule has 2 rings (SSSR count). The highest BCUT2D eigenvalue weighted by atomic mass is 19.1. The van der Waals surface area contributed by atoms with Crippen molar-refractivity contribution in [3.63, 3.8) is 0 Å². The van der Waals surface area contributed by atoms with E-state index in [2.05, 4.69) is 11.5 Å². The topological polar surface area (TPSA) is 51.2 Å². The maximum absolute atomic E-state index is 13.2. The molecule has 1 atom stereocenters. The van der Waals surface area contributed by atoms with E-state index in [0.717, 1.165) is 11.1 Å². The van der Waals surface area contributed by atoms with Crippen LogP contribution in [0, 0.1) is 5.82 Å². The van der Waals surface area contributed by atoms with Gasteiger partial charge in [0.2, 0.25) is 0 Å². The number of halogens is 1. The average Bonchev–Trinajstić information content (AvgIpc) is 2.69. The van der Waals surface area contributed by atoms with Crippen LogP contribution in [0.15, 0.2) is 55.1 Å². The number of hydrogen-bond donors (Lipinski definition) is 1. The van der Waals surface area contributed by atoms with Gasteiger partial charge < -0.3 is 19.3 Å². The van der Waals surface area contributed by atoms with Crippen LogP contribution in [0.4, 0.5) is 4.39 Å². The summed E-state index contributed by atoms with van der Waals surface area (Å²) < 4.78 is 29.2. The van der Waals surface area contributed by atoms with Gasteiger partial charge in [0.15, 0.2) is 11.5 Å². The fraction of sp³-hybridized carbons (Fsp3) is 0.364. The van der Waals surface area contributed by atoms with Crippen molar-refractivity contribution in [1.82, 2.24) is 4.90 Å². The van der Waals surface area contributed by atoms with Crippen LogP contribution in [0.3, 0.4) is 0 Å². The van der Waals surface area contributed by atoms with Gasteiger partial charge in [-0.05, 0) is 35.4 Å². The number of hydrogen-bond acceptors (Lipinski definition) is 5. The highest BCUT2D eigenvalue weighted by molar-refractivity contribution is 5.42. The number of aliphatic hydroxyl groups is 1. The number of methoxy groups -OCH3 is 2. The molecule has 152 valence electrons. The standard InChI is InChI=1S/C22H28FNO4/c1-4-11-28-16-20(25)15-24(13-17-5-8-19(23)9-6-17)14-18-7-10-21(26-2)22(12-18)27-3/h4-10,12,20,25H,1,11,13-16H2,2-3H3. The Bertz CT molecular complexity index is 736. The van der Waals surface area contributed by atoms with E-state index < -0.39 is 6.10 Å². The van der Waals surface area contributed by atoms with Crippen molar-refractivity contribution in [3.8, 4) is 11.5 Å². The minimum Gasteiger partial charge on any atom is -0.493 e. The summed E-state index contributed by atoms with van der Waals surface area (Å²) in [6.07, 6.45) is 0.993. The van der Waals surface area contributed by atoms with Crippen LogP contribution >= 0.6 is 0 Å². The van der Waals surface area contributed by atoms with Crippen LogP contribution in [0.1, 0.15) is 11.1 Å². The molecule has 0 saturated carbocycles. The Labute approximate surface area is 166 Å². The molecule has 2 aromatic carbocycles. The van der Waals surface area contributed by atoms with Crippen molar-refractivity contribution in [1.29, 1.82) is 0 Å². The average molecular weight is 389 g/mol. The van der Waals surface area contributed by atoms with Gasteiger partial charge in [-0.2, -0.15) is 0 Å². The summed E-state index contributed by atoms with van der Waals surface area (Å²) in [7, 11) is 3.19. The highest BCUT2D eigenvalue weighted by Gasteiger charge is 2.15. The van der Waals surface area contributed by atoms with E-state index in [-0.39, 0.29) is 12.4 Å². The Hall–Kier alpha value is -2.41. The SMILES string of the molecule is C=CCOCC(O)CN(Cc1ccc(F)cc1)Cc1ccc(OC)c(OC)c1. The minimum absolute atomic E-state index is 0.220. The van der Waals surface area contributed by atoms with E-state index in [0.29, 0.717) is 37.7 Å². The molecule has 0 aromatic heterocycles. The van der Waals surface area contributed by atoms with Crippen LogP contribution < -0.4 is 9.47 Å². The van der Waals surface area contributed by atoms with Gasteiger partial charge in [-0.1, -0.05) is 24.3 Å². The van der Waals surface area contributed by atoms with E-state index in [4.69, 9.17) is 14.2 Å². The summed E-state index contributed by atoms with van der Waals surface area (Å²) in [6, 6.07) is 12.1. The van der Waals surface area contributed by atoms with Crippen LogP contribution in [0.2, 0.25) is 0 Å². The Balaban J connectivity index is 2.12. The van der Waals surface area contributed by atoms with Gasteiger partial charge in [0.25, 0.3) is 0 Å². The molecule has 28 heavy (non-hydrogen) atoms. The molecule has 0 aliphatic rings. The predicted octanol–water partition coefficient (Wildman–Crippen LogP) is 3.41. The van der Waals surface area contributed by atoms with E-state index >= 15 is 0 Å². The zero-order chi connectivity index (χ0) is 20.4. The van der Waals surface area contributed by atoms with Crippen molar-refractivity contribution in [2.75, 3.05) is 34.0 Å². The molecule has 0 aliphatic heterocycles. The Morgan fingerprint density at radius 3 is 2.32 bits per heavy atom. The number of rotatable bonds is 12. The van der Waals surface area contributed by atoms with Gasteiger partial charge in [0.1, 0.15) is 5.82 Å². The van der Waals surface area contributed by atoms with Crippen LogP contribution in [0.5, 0.6) is 11.5 Å². The number of aliphatic hydroxyl groups excluding tert-OH is 1. The van der Waals surface area contributed by atoms with E-state index in [9.17, 15) is 9.50 Å². The molecule has 0 fully saturated rings. The molecule has 0 radical (unpaired) electrons. The molecule has 0 bridgehead atoms. The molecular weight excluding hydrogens is 361 g/mol. The minimum atomic E-state index is -0.652. The summed E-state index contributed by atoms with van der Waals surface area (Å²) in [5.41, 5.74) is 1.97. The van der Waals surface area contributed by atoms with Crippen LogP contribution in [-0.2, 0) is 17.8 Å². The molecule has 5 nitrogen and oxygen atoms in total. The lowest BCUT2D eigenvalue weighted by molar-refractivity contribution is 0.0228. The van der Waals surface area contributed by atoms with Crippen LogP contribution in [-0.4, -0.2) is 50.1 Å². The molecule has 0 heterocycles. The molecule has 6 heteroatoms. The molecule has 0 spiro atoms. The normalized spacial score (nSPS) is 12.0. The van der Waals surface area contributed by atoms with Gasteiger partial charge >= 0.3 is 0 Å². The first-order chi connectivity index (χ1) is 13.5. The lowest BCUT2D eigenvalue weighted by atomic mass is 10.1. The monoisotopic (exact) mass is 389 g/mol. The molecule has 1 N–H and O–H groups in total. The largest absolute Gasteiger partial charge is 0.493 e. The molecule has 0 saturated heterocycles. The maximum atomic E-state index is 13.2. The number of nitrogens with zero attached hydrogens (tertiary/aromatic N) is 1. The Morgan fingerprint density at radius 2 is 1.68 bits per heavy atom. The first-order valence-electron chi connectivity index (χ1n) is 9.10. The summed E-state index contributed by atoms with van der Waals surface area (Å²) in [5.74, 6) is 1.04. The summed E-state index contributed by atoms with van der Waals surface area (Å²) in [5, 5.41) is 10.3. The summed E-state index contributed by atoms with van der Waals surface area (Å²) >= 11 is 0. The quantitative estimate of drug-likeness (QED) is 0.445. The van der Waals surface area contributed by atoms with Gasteiger partial charge in [-0.3, -0.25) is 4.90 Å². The van der Waals surface area contributed by atoms with Gasteiger partial charge in [0, 0.05) is 19.6 Å². The zero-order valence-corrected chi connectivity index (χ0v) is 16.4. The fourth-order valence-corrected chi connectivity index (χ4v) is 2.91. The molecule has 0 amide bonds. The van der Waals surface area contributed by atoms with Crippen molar-refractivity contribution >= 4 is 0 Å². The molecule has 2 aromatic rings. The first kappa shape index (κ1) is 21.9. The highest BCUT2D eigenvalue weighted by Crippen LogP contribution is 2.28. The fourth-order valence-electron chi connectivity index (χ4n) is 2.91. The third-order valence-electron chi connectivity index (χ3n) is 4.19. The van der Waals surface area contributed by atoms with Gasteiger partial charge in [-0.15, -0.1) is 6.58 Å². The number of ether oxygens (including phenoxy) is 3. The van der Waals surface area contributed by atoms with Crippen molar-refractivity contribution in [2.45, 2.75) is 19.2 Å². The van der Waals surface area contributed by atoms with Gasteiger partial charge in [0.05, 0.1) is 33.5 Å². The second-order valence-electron chi connectivity index (χ2n) is 6.47. The Morgan fingerprint density at radius 1 is 1.04 bits per heavy atom. The van der Waals surface area contributed by atoms with Crippen molar-refractivity contribution in [2.24, 2.45) is 0 Å². The lowest BCUT2D eigenvalue weighted by Crippen LogP contribution is -2.34. The second kappa shape index (κ2) is 11.4. The lowest BCUT2D eigenvalue weighted by Gasteiger charge is -2.25. The predicted molar refractivity (Wildman–Crippen MR) is 107 cm³/mol. The smallest absolute Gasteiger partial charge is 0.161 e. The van der Waals surface area contributed by atoms with Crippen LogP contribution in [0.25, 0.3) is 0 Å². The van der Waals surface area contributed by atoms with Gasteiger partial charge in [-0.25, -0.2) is 4.39 Å². The van der Waals surface area contributed by atoms with Crippen molar-refractivity contribution < 1.29 is 23.7 Å². The molecular formula is C22H28FNO4. The Kier molecular flexibility index (Phi) is 8.94. The summed E-state index contributed by atoms with van der Waals surface area (Å²) in [4.78, 5) is 2.08. The third-order valence-corrected chi connectivity index (χ3v) is 4.19. The third kappa shape index (κ3) is 6.96. The molecule has 1 unspecified atom stereocenters. The summed E-state index contributed by atoms with van der Waals surface area (Å²) in [6.45, 7) is 5.76. The van der Waals surface area contributed by atoms with Crippen molar-refractivity contribution in [3.05, 3.63) is 72.1 Å². The van der Waals surface area contributed by atoms with E-state index in [1.165, 1.54) is 12.1 Å². The van der Waals surface area contributed by atoms with E-state index in [1.807, 2.05) is 18.2 Å². The second-order valence-corrected chi connectivity index (χ2v) is 6.47. The van der Waals surface area contributed by atoms with E-state index in [1.54, 1.807) is 32.4 Å². The molecule has 0 aliphatic carbocycles. The first-order valence-corrected chi connectivity index (χ1v) is 9.10. The zero-order valence-electron chi connectivity index (χ0n) is 16.4. The number of benzene rings is 2.